The predicted octanol–water partition coefficient (Wildman–Crippen LogP) is 2.25. The molecule has 1 heterocycles. The number of aliphatic hydroxyl groups excluding tert-OH is 1. The van der Waals surface area contributed by atoms with Crippen molar-refractivity contribution in [3.05, 3.63) is 0 Å². The van der Waals surface area contributed by atoms with E-state index in [1.807, 2.05) is 0 Å². The van der Waals surface area contributed by atoms with Gasteiger partial charge in [0.15, 0.2) is 0 Å². The monoisotopic (exact) mass is 268 g/mol. The van der Waals surface area contributed by atoms with Crippen LogP contribution in [0.15, 0.2) is 0 Å². The van der Waals surface area contributed by atoms with Crippen molar-refractivity contribution in [1.82, 2.24) is 10.2 Å². The average Bonchev–Trinajstić information content (AvgIpc) is 3.23. The minimum absolute atomic E-state index is 0.0403. The molecule has 0 aromatic carbocycles. The topological polar surface area (TPSA) is 35.5 Å². The molecule has 0 amide bonds. The molecular formula is C16H32N2O. The third-order valence-electron chi connectivity index (χ3n) is 5.10. The van der Waals surface area contributed by atoms with Crippen LogP contribution in [0.5, 0.6) is 0 Å². The van der Waals surface area contributed by atoms with Crippen LogP contribution < -0.4 is 5.32 Å². The molecule has 3 heteroatoms. The summed E-state index contributed by atoms with van der Waals surface area (Å²) < 4.78 is 0. The molecule has 2 fully saturated rings. The highest BCUT2D eigenvalue weighted by molar-refractivity contribution is 5.03. The van der Waals surface area contributed by atoms with Gasteiger partial charge in [0, 0.05) is 19.1 Å². The van der Waals surface area contributed by atoms with Gasteiger partial charge in [-0.05, 0) is 57.4 Å². The van der Waals surface area contributed by atoms with Crippen LogP contribution in [0.3, 0.4) is 0 Å². The van der Waals surface area contributed by atoms with Gasteiger partial charge >= 0.3 is 0 Å². The number of hydrogen-bond acceptors (Lipinski definition) is 3. The van der Waals surface area contributed by atoms with Crippen LogP contribution in [0, 0.1) is 11.8 Å². The third kappa shape index (κ3) is 3.71. The summed E-state index contributed by atoms with van der Waals surface area (Å²) in [4.78, 5) is 2.62. The van der Waals surface area contributed by atoms with E-state index in [2.05, 4.69) is 31.0 Å². The van der Waals surface area contributed by atoms with E-state index in [1.54, 1.807) is 0 Å². The molecule has 1 saturated carbocycles. The summed E-state index contributed by atoms with van der Waals surface area (Å²) in [5.74, 6) is 1.49. The Balaban J connectivity index is 2.01. The molecule has 0 bridgehead atoms. The van der Waals surface area contributed by atoms with Gasteiger partial charge < -0.3 is 10.4 Å². The highest BCUT2D eigenvalue weighted by Crippen LogP contribution is 2.41. The Labute approximate surface area is 118 Å². The van der Waals surface area contributed by atoms with Gasteiger partial charge in [-0.15, -0.1) is 0 Å². The van der Waals surface area contributed by atoms with Crippen molar-refractivity contribution in [2.75, 3.05) is 26.2 Å². The Morgan fingerprint density at radius 3 is 2.53 bits per heavy atom. The van der Waals surface area contributed by atoms with Crippen molar-refractivity contribution in [2.24, 2.45) is 11.8 Å². The highest BCUT2D eigenvalue weighted by atomic mass is 16.3. The number of piperidine rings is 1. The van der Waals surface area contributed by atoms with E-state index in [0.717, 1.165) is 25.4 Å². The van der Waals surface area contributed by atoms with Crippen LogP contribution in [-0.4, -0.2) is 47.8 Å². The molecule has 3 atom stereocenters. The SMILES string of the molecule is CCCNC(CO)(CN1CC(C)CCC1C)C1CC1. The molecule has 3 nitrogen and oxygen atoms in total. The number of aliphatic hydroxyl groups is 1. The molecule has 2 rings (SSSR count). The van der Waals surface area contributed by atoms with Crippen molar-refractivity contribution in [3.63, 3.8) is 0 Å². The number of nitrogens with zero attached hydrogens (tertiary/aromatic N) is 1. The lowest BCUT2D eigenvalue weighted by Gasteiger charge is -2.44. The summed E-state index contributed by atoms with van der Waals surface area (Å²) in [5, 5.41) is 13.7. The van der Waals surface area contributed by atoms with Gasteiger partial charge in [0.1, 0.15) is 0 Å². The van der Waals surface area contributed by atoms with Crippen LogP contribution in [0.25, 0.3) is 0 Å². The molecule has 19 heavy (non-hydrogen) atoms. The fraction of sp³-hybridized carbons (Fsp3) is 1.00. The minimum Gasteiger partial charge on any atom is -0.394 e. The fourth-order valence-corrected chi connectivity index (χ4v) is 3.54. The molecule has 0 aromatic heterocycles. The molecule has 3 unspecified atom stereocenters. The Kier molecular flexibility index (Phi) is 5.27. The number of hydrogen-bond donors (Lipinski definition) is 2. The van der Waals surface area contributed by atoms with E-state index in [9.17, 15) is 5.11 Å². The number of rotatable bonds is 7. The first kappa shape index (κ1) is 15.3. The first-order valence-corrected chi connectivity index (χ1v) is 8.21. The second-order valence-electron chi connectivity index (χ2n) is 6.98. The van der Waals surface area contributed by atoms with E-state index < -0.39 is 0 Å². The smallest absolute Gasteiger partial charge is 0.0628 e. The summed E-state index contributed by atoms with van der Waals surface area (Å²) in [7, 11) is 0. The summed E-state index contributed by atoms with van der Waals surface area (Å²) in [6.07, 6.45) is 6.38. The molecule has 0 radical (unpaired) electrons. The second-order valence-corrected chi connectivity index (χ2v) is 6.98. The van der Waals surface area contributed by atoms with E-state index in [0.29, 0.717) is 12.0 Å². The van der Waals surface area contributed by atoms with E-state index in [1.165, 1.54) is 32.2 Å². The highest BCUT2D eigenvalue weighted by Gasteiger charge is 2.46. The summed E-state index contributed by atoms with van der Waals surface area (Å²) in [6, 6.07) is 0.671. The van der Waals surface area contributed by atoms with Gasteiger partial charge in [0.2, 0.25) is 0 Å². The number of likely N-dealkylation sites (tertiary alicyclic amines) is 1. The van der Waals surface area contributed by atoms with Crippen LogP contribution in [0.1, 0.15) is 52.9 Å². The lowest BCUT2D eigenvalue weighted by molar-refractivity contribution is 0.0452. The van der Waals surface area contributed by atoms with E-state index in [-0.39, 0.29) is 12.1 Å². The average molecular weight is 268 g/mol. The van der Waals surface area contributed by atoms with E-state index in [4.69, 9.17) is 0 Å². The summed E-state index contributed by atoms with van der Waals surface area (Å²) >= 11 is 0. The maximum Gasteiger partial charge on any atom is 0.0628 e. The van der Waals surface area contributed by atoms with Crippen LogP contribution in [0.2, 0.25) is 0 Å². The summed E-state index contributed by atoms with van der Waals surface area (Å²) in [5.41, 5.74) is -0.0403. The zero-order valence-electron chi connectivity index (χ0n) is 13.0. The van der Waals surface area contributed by atoms with Crippen molar-refractivity contribution in [1.29, 1.82) is 0 Å². The summed E-state index contributed by atoms with van der Waals surface area (Å²) in [6.45, 7) is 10.4. The quantitative estimate of drug-likeness (QED) is 0.743. The van der Waals surface area contributed by atoms with Crippen molar-refractivity contribution < 1.29 is 5.11 Å². The van der Waals surface area contributed by atoms with Crippen LogP contribution >= 0.6 is 0 Å². The van der Waals surface area contributed by atoms with Crippen molar-refractivity contribution in [3.8, 4) is 0 Å². The molecule has 1 saturated heterocycles. The maximum atomic E-state index is 10.0. The zero-order chi connectivity index (χ0) is 13.9. The first-order chi connectivity index (χ1) is 9.11. The number of nitrogens with one attached hydrogen (secondary N) is 1. The Hall–Kier alpha value is -0.120. The molecule has 1 aliphatic carbocycles. The van der Waals surface area contributed by atoms with Gasteiger partial charge in [-0.2, -0.15) is 0 Å². The Bertz CT molecular complexity index is 280. The Morgan fingerprint density at radius 1 is 1.21 bits per heavy atom. The standard InChI is InChI=1S/C16H32N2O/c1-4-9-17-16(12-19,15-7-8-15)11-18-10-13(2)5-6-14(18)3/h13-15,17,19H,4-12H2,1-3H3. The zero-order valence-corrected chi connectivity index (χ0v) is 13.0. The predicted molar refractivity (Wildman–Crippen MR) is 80.3 cm³/mol. The third-order valence-corrected chi connectivity index (χ3v) is 5.10. The second kappa shape index (κ2) is 6.55. The van der Waals surface area contributed by atoms with Crippen molar-refractivity contribution >= 4 is 0 Å². The van der Waals surface area contributed by atoms with E-state index >= 15 is 0 Å². The van der Waals surface area contributed by atoms with Gasteiger partial charge in [-0.3, -0.25) is 4.90 Å². The lowest BCUT2D eigenvalue weighted by atomic mass is 9.88. The van der Waals surface area contributed by atoms with Gasteiger partial charge in [-0.1, -0.05) is 13.8 Å². The Morgan fingerprint density at radius 2 is 1.95 bits per heavy atom. The molecule has 2 N–H and O–H groups in total. The largest absolute Gasteiger partial charge is 0.394 e. The fourth-order valence-electron chi connectivity index (χ4n) is 3.54. The normalized spacial score (nSPS) is 32.2. The van der Waals surface area contributed by atoms with Gasteiger partial charge in [0.25, 0.3) is 0 Å². The maximum absolute atomic E-state index is 10.0. The van der Waals surface area contributed by atoms with Gasteiger partial charge in [-0.25, -0.2) is 0 Å². The molecule has 0 aromatic rings. The van der Waals surface area contributed by atoms with Crippen molar-refractivity contribution in [2.45, 2.75) is 64.5 Å². The van der Waals surface area contributed by atoms with Gasteiger partial charge in [0.05, 0.1) is 12.1 Å². The molecular weight excluding hydrogens is 236 g/mol. The van der Waals surface area contributed by atoms with Crippen LogP contribution in [-0.2, 0) is 0 Å². The minimum atomic E-state index is -0.0403. The molecule has 112 valence electrons. The molecule has 0 spiro atoms. The molecule has 2 aliphatic rings. The lowest BCUT2D eigenvalue weighted by Crippen LogP contribution is -2.60. The first-order valence-electron chi connectivity index (χ1n) is 8.21. The molecule has 1 aliphatic heterocycles. The van der Waals surface area contributed by atoms with Crippen LogP contribution in [0.4, 0.5) is 0 Å².